The minimum absolute atomic E-state index is 0.0117. The Morgan fingerprint density at radius 3 is 2.62 bits per heavy atom. The van der Waals surface area contributed by atoms with Gasteiger partial charge in [0.2, 0.25) is 0 Å². The fraction of sp³-hybridized carbons (Fsp3) is 0.667. The predicted octanol–water partition coefficient (Wildman–Crippen LogP) is 4.38. The second-order valence-corrected chi connectivity index (χ2v) is 8.11. The van der Waals surface area contributed by atoms with Crippen molar-refractivity contribution in [2.45, 2.75) is 58.5 Å². The van der Waals surface area contributed by atoms with Gasteiger partial charge in [-0.1, -0.05) is 39.7 Å². The Hall–Kier alpha value is -1.91. The SMILES string of the molecule is CC1CCCC(N(C)C(=O)NC(c2ccc3c(c2)OCCO3)C(C)C)C1. The van der Waals surface area contributed by atoms with Crippen LogP contribution in [0.4, 0.5) is 4.79 Å². The lowest BCUT2D eigenvalue weighted by Crippen LogP contribution is -2.47. The molecule has 1 N–H and O–H groups in total. The van der Waals surface area contributed by atoms with Crippen LogP contribution < -0.4 is 14.8 Å². The molecule has 3 atom stereocenters. The Bertz CT molecular complexity index is 632. The molecule has 1 aliphatic heterocycles. The Labute approximate surface area is 157 Å². The average molecular weight is 360 g/mol. The maximum absolute atomic E-state index is 12.9. The summed E-state index contributed by atoms with van der Waals surface area (Å²) in [5.74, 6) is 2.52. The summed E-state index contributed by atoms with van der Waals surface area (Å²) in [6.45, 7) is 7.69. The van der Waals surface area contributed by atoms with Crippen molar-refractivity contribution >= 4 is 6.03 Å². The van der Waals surface area contributed by atoms with E-state index in [1.807, 2.05) is 30.1 Å². The lowest BCUT2D eigenvalue weighted by Gasteiger charge is -2.35. The van der Waals surface area contributed by atoms with Crippen molar-refractivity contribution in [2.24, 2.45) is 11.8 Å². The second kappa shape index (κ2) is 8.19. The number of amides is 2. The monoisotopic (exact) mass is 360 g/mol. The van der Waals surface area contributed by atoms with E-state index in [0.29, 0.717) is 25.2 Å². The quantitative estimate of drug-likeness (QED) is 0.867. The van der Waals surface area contributed by atoms with E-state index in [1.165, 1.54) is 12.8 Å². The molecule has 1 aromatic rings. The third-order valence-corrected chi connectivity index (χ3v) is 5.65. The van der Waals surface area contributed by atoms with Crippen molar-refractivity contribution in [3.63, 3.8) is 0 Å². The van der Waals surface area contributed by atoms with Crippen molar-refractivity contribution < 1.29 is 14.3 Å². The summed E-state index contributed by atoms with van der Waals surface area (Å²) in [7, 11) is 1.93. The molecule has 0 radical (unpaired) electrons. The highest BCUT2D eigenvalue weighted by Gasteiger charge is 2.28. The molecule has 1 aliphatic carbocycles. The van der Waals surface area contributed by atoms with Crippen molar-refractivity contribution in [3.8, 4) is 11.5 Å². The topological polar surface area (TPSA) is 50.8 Å². The summed E-state index contributed by atoms with van der Waals surface area (Å²) >= 11 is 0. The molecule has 26 heavy (non-hydrogen) atoms. The molecule has 2 amide bonds. The lowest BCUT2D eigenvalue weighted by molar-refractivity contribution is 0.154. The summed E-state index contributed by atoms with van der Waals surface area (Å²) in [5.41, 5.74) is 1.06. The van der Waals surface area contributed by atoms with Crippen LogP contribution in [-0.2, 0) is 0 Å². The Kier molecular flexibility index (Phi) is 5.94. The van der Waals surface area contributed by atoms with Gasteiger partial charge in [-0.25, -0.2) is 4.79 Å². The third-order valence-electron chi connectivity index (χ3n) is 5.65. The van der Waals surface area contributed by atoms with Crippen LogP contribution in [0.25, 0.3) is 0 Å². The fourth-order valence-corrected chi connectivity index (χ4v) is 4.04. The number of benzene rings is 1. The standard InChI is InChI=1S/C21H32N2O3/c1-14(2)20(16-8-9-18-19(13-16)26-11-10-25-18)22-21(24)23(4)17-7-5-6-15(3)12-17/h8-9,13-15,17,20H,5-7,10-12H2,1-4H3,(H,22,24). The van der Waals surface area contributed by atoms with Gasteiger partial charge in [0.15, 0.2) is 11.5 Å². The molecule has 1 saturated carbocycles. The Morgan fingerprint density at radius 2 is 1.92 bits per heavy atom. The largest absolute Gasteiger partial charge is 0.486 e. The van der Waals surface area contributed by atoms with Gasteiger partial charge in [-0.05, 0) is 42.4 Å². The molecule has 3 rings (SSSR count). The smallest absolute Gasteiger partial charge is 0.317 e. The first-order chi connectivity index (χ1) is 12.5. The zero-order chi connectivity index (χ0) is 18.7. The van der Waals surface area contributed by atoms with Crippen LogP contribution in [0, 0.1) is 11.8 Å². The second-order valence-electron chi connectivity index (χ2n) is 8.11. The van der Waals surface area contributed by atoms with E-state index in [4.69, 9.17) is 9.47 Å². The molecule has 5 heteroatoms. The van der Waals surface area contributed by atoms with Crippen LogP contribution in [0.5, 0.6) is 11.5 Å². The van der Waals surface area contributed by atoms with Gasteiger partial charge in [0.05, 0.1) is 6.04 Å². The molecule has 0 spiro atoms. The van der Waals surface area contributed by atoms with Crippen molar-refractivity contribution in [2.75, 3.05) is 20.3 Å². The average Bonchev–Trinajstić information content (AvgIpc) is 2.64. The molecule has 0 bridgehead atoms. The molecule has 144 valence electrons. The summed E-state index contributed by atoms with van der Waals surface area (Å²) < 4.78 is 11.3. The number of fused-ring (bicyclic) bond motifs is 1. The Balaban J connectivity index is 1.71. The van der Waals surface area contributed by atoms with Crippen LogP contribution in [0.2, 0.25) is 0 Å². The van der Waals surface area contributed by atoms with Crippen LogP contribution in [-0.4, -0.2) is 37.2 Å². The minimum Gasteiger partial charge on any atom is -0.486 e. The predicted molar refractivity (Wildman–Crippen MR) is 103 cm³/mol. The van der Waals surface area contributed by atoms with Crippen LogP contribution in [0.3, 0.4) is 0 Å². The van der Waals surface area contributed by atoms with E-state index < -0.39 is 0 Å². The lowest BCUT2D eigenvalue weighted by atomic mass is 9.86. The van der Waals surface area contributed by atoms with E-state index in [1.54, 1.807) is 0 Å². The van der Waals surface area contributed by atoms with Crippen LogP contribution >= 0.6 is 0 Å². The van der Waals surface area contributed by atoms with Gasteiger partial charge in [0.1, 0.15) is 13.2 Å². The first-order valence-corrected chi connectivity index (χ1v) is 9.88. The minimum atomic E-state index is -0.0539. The molecule has 1 heterocycles. The first-order valence-electron chi connectivity index (χ1n) is 9.88. The third kappa shape index (κ3) is 4.25. The van der Waals surface area contributed by atoms with E-state index in [9.17, 15) is 4.79 Å². The summed E-state index contributed by atoms with van der Waals surface area (Å²) in [6, 6.07) is 6.27. The molecule has 5 nitrogen and oxygen atoms in total. The highest BCUT2D eigenvalue weighted by atomic mass is 16.6. The van der Waals surface area contributed by atoms with Crippen molar-refractivity contribution in [1.82, 2.24) is 10.2 Å². The molecule has 2 aliphatic rings. The van der Waals surface area contributed by atoms with Crippen LogP contribution in [0.15, 0.2) is 18.2 Å². The molecule has 0 aromatic heterocycles. The van der Waals surface area contributed by atoms with Crippen molar-refractivity contribution in [3.05, 3.63) is 23.8 Å². The van der Waals surface area contributed by atoms with E-state index >= 15 is 0 Å². The number of rotatable bonds is 4. The Morgan fingerprint density at radius 1 is 1.19 bits per heavy atom. The maximum Gasteiger partial charge on any atom is 0.317 e. The van der Waals surface area contributed by atoms with E-state index in [-0.39, 0.29) is 18.0 Å². The molecular formula is C21H32N2O3. The number of carbonyl (C=O) groups is 1. The van der Waals surface area contributed by atoms with E-state index in [0.717, 1.165) is 29.9 Å². The van der Waals surface area contributed by atoms with Crippen molar-refractivity contribution in [1.29, 1.82) is 0 Å². The van der Waals surface area contributed by atoms with E-state index in [2.05, 4.69) is 26.1 Å². The molecular weight excluding hydrogens is 328 g/mol. The summed E-state index contributed by atoms with van der Waals surface area (Å²) in [5, 5.41) is 3.24. The number of hydrogen-bond donors (Lipinski definition) is 1. The van der Waals surface area contributed by atoms with Gasteiger partial charge >= 0.3 is 6.03 Å². The normalized spacial score (nSPS) is 23.4. The highest BCUT2D eigenvalue weighted by molar-refractivity contribution is 5.75. The number of hydrogen-bond acceptors (Lipinski definition) is 3. The zero-order valence-corrected chi connectivity index (χ0v) is 16.5. The van der Waals surface area contributed by atoms with Gasteiger partial charge in [-0.2, -0.15) is 0 Å². The van der Waals surface area contributed by atoms with Gasteiger partial charge < -0.3 is 19.7 Å². The highest BCUT2D eigenvalue weighted by Crippen LogP contribution is 2.34. The maximum atomic E-state index is 12.9. The zero-order valence-electron chi connectivity index (χ0n) is 16.5. The number of ether oxygens (including phenoxy) is 2. The van der Waals surface area contributed by atoms with Gasteiger partial charge in [0.25, 0.3) is 0 Å². The fourth-order valence-electron chi connectivity index (χ4n) is 4.04. The van der Waals surface area contributed by atoms with Gasteiger partial charge in [-0.15, -0.1) is 0 Å². The first kappa shape index (κ1) is 18.9. The number of carbonyl (C=O) groups excluding carboxylic acids is 1. The molecule has 0 saturated heterocycles. The van der Waals surface area contributed by atoms with Crippen LogP contribution in [0.1, 0.15) is 58.1 Å². The van der Waals surface area contributed by atoms with Gasteiger partial charge in [-0.3, -0.25) is 0 Å². The summed E-state index contributed by atoms with van der Waals surface area (Å²) in [4.78, 5) is 14.8. The molecule has 3 unspecified atom stereocenters. The number of nitrogens with one attached hydrogen (secondary N) is 1. The number of nitrogens with zero attached hydrogens (tertiary/aromatic N) is 1. The summed E-state index contributed by atoms with van der Waals surface area (Å²) in [6.07, 6.45) is 4.68. The van der Waals surface area contributed by atoms with Gasteiger partial charge in [0, 0.05) is 13.1 Å². The number of urea groups is 1. The molecule has 1 aromatic carbocycles. The molecule has 1 fully saturated rings.